The zero-order chi connectivity index (χ0) is 7.56. The van der Waals surface area contributed by atoms with Gasteiger partial charge in [0, 0.05) is 0 Å². The minimum atomic E-state index is 0. The number of ether oxygens (including phenoxy) is 1. The summed E-state index contributed by atoms with van der Waals surface area (Å²) in [5.41, 5.74) is 0.671. The van der Waals surface area contributed by atoms with Crippen molar-refractivity contribution < 1.29 is 28.7 Å². The fraction of sp³-hybridized carbons (Fsp3) is 0.250. The van der Waals surface area contributed by atoms with Crippen molar-refractivity contribution in [2.24, 2.45) is 0 Å². The van der Waals surface area contributed by atoms with Gasteiger partial charge in [-0.05, 0) is 18.6 Å². The summed E-state index contributed by atoms with van der Waals surface area (Å²) in [7, 11) is 1.56. The van der Waals surface area contributed by atoms with E-state index >= 15 is 0 Å². The molecule has 0 aliphatic carbocycles. The summed E-state index contributed by atoms with van der Waals surface area (Å²) in [6.07, 6.45) is 0. The van der Waals surface area contributed by atoms with Gasteiger partial charge in [-0.2, -0.15) is 0 Å². The van der Waals surface area contributed by atoms with E-state index in [1.807, 2.05) is 0 Å². The molecule has 1 rings (SSSR count). The summed E-state index contributed by atoms with van der Waals surface area (Å²) >= 11 is 0. The topological polar surface area (TPSA) is 32.3 Å². The average Bonchev–Trinajstić information content (AvgIpc) is 1.95. The van der Waals surface area contributed by atoms with Gasteiger partial charge >= 0.3 is 18.9 Å². The minimum absolute atomic E-state index is 0. The van der Waals surface area contributed by atoms with E-state index < -0.39 is 0 Å². The molecule has 2 nitrogen and oxygen atoms in total. The molecule has 0 bridgehead atoms. The zero-order valence-electron chi connectivity index (χ0n) is 7.05. The van der Waals surface area contributed by atoms with Gasteiger partial charge in [-0.25, -0.2) is 0 Å². The summed E-state index contributed by atoms with van der Waals surface area (Å²) in [4.78, 5) is 0. The SMILES string of the molecule is COc1cccc([O-])c1C.[Li+]. The molecule has 0 atom stereocenters. The third-order valence-corrected chi connectivity index (χ3v) is 1.45. The van der Waals surface area contributed by atoms with Crippen LogP contribution in [0.5, 0.6) is 11.5 Å². The fourth-order valence-electron chi connectivity index (χ4n) is 0.815. The maximum Gasteiger partial charge on any atom is 1.00 e. The predicted octanol–water partition coefficient (Wildman–Crippen LogP) is -1.92. The van der Waals surface area contributed by atoms with Crippen molar-refractivity contribution in [3.8, 4) is 11.5 Å². The Bertz CT molecular complexity index is 236. The van der Waals surface area contributed by atoms with Crippen molar-refractivity contribution in [3.63, 3.8) is 0 Å². The minimum Gasteiger partial charge on any atom is -0.872 e. The third-order valence-electron chi connectivity index (χ3n) is 1.45. The molecule has 0 saturated heterocycles. The molecular formula is C8H9LiO2. The Morgan fingerprint density at radius 2 is 2.00 bits per heavy atom. The van der Waals surface area contributed by atoms with Crippen molar-refractivity contribution in [2.45, 2.75) is 6.92 Å². The molecule has 0 aromatic heterocycles. The van der Waals surface area contributed by atoms with Gasteiger partial charge in [0.05, 0.1) is 7.11 Å². The third kappa shape index (κ3) is 2.18. The molecule has 0 aliphatic rings. The fourth-order valence-corrected chi connectivity index (χ4v) is 0.815. The Morgan fingerprint density at radius 1 is 1.36 bits per heavy atom. The van der Waals surface area contributed by atoms with Crippen LogP contribution in [0.15, 0.2) is 18.2 Å². The molecule has 1 aromatic carbocycles. The molecule has 11 heavy (non-hydrogen) atoms. The molecule has 0 fully saturated rings. The molecule has 3 heteroatoms. The number of methoxy groups -OCH3 is 1. The average molecular weight is 144 g/mol. The van der Waals surface area contributed by atoms with E-state index in [1.165, 1.54) is 6.07 Å². The number of rotatable bonds is 1. The molecule has 0 N–H and O–H groups in total. The maximum atomic E-state index is 10.9. The summed E-state index contributed by atoms with van der Waals surface area (Å²) in [5, 5.41) is 10.9. The van der Waals surface area contributed by atoms with Gasteiger partial charge in [0.15, 0.2) is 0 Å². The van der Waals surface area contributed by atoms with Crippen LogP contribution in [0.3, 0.4) is 0 Å². The van der Waals surface area contributed by atoms with Crippen LogP contribution in [-0.4, -0.2) is 7.11 Å². The second-order valence-corrected chi connectivity index (χ2v) is 2.08. The van der Waals surface area contributed by atoms with Gasteiger partial charge in [0.25, 0.3) is 0 Å². The van der Waals surface area contributed by atoms with Crippen molar-refractivity contribution in [3.05, 3.63) is 23.8 Å². The molecule has 1 aromatic rings. The Morgan fingerprint density at radius 3 is 2.45 bits per heavy atom. The Hall–Kier alpha value is -0.583. The zero-order valence-corrected chi connectivity index (χ0v) is 7.05. The van der Waals surface area contributed by atoms with E-state index in [0.717, 1.165) is 0 Å². The molecule has 0 saturated carbocycles. The first-order valence-corrected chi connectivity index (χ1v) is 3.06. The Balaban J connectivity index is 0.000001000. The van der Waals surface area contributed by atoms with Crippen molar-refractivity contribution in [1.82, 2.24) is 0 Å². The number of hydrogen-bond donors (Lipinski definition) is 0. The first kappa shape index (κ1) is 10.4. The molecule has 54 valence electrons. The first-order valence-electron chi connectivity index (χ1n) is 3.06. The van der Waals surface area contributed by atoms with Crippen LogP contribution in [0, 0.1) is 6.92 Å². The molecule has 0 unspecified atom stereocenters. The Labute approximate surface area is 78.4 Å². The van der Waals surface area contributed by atoms with Crippen LogP contribution >= 0.6 is 0 Å². The summed E-state index contributed by atoms with van der Waals surface area (Å²) in [6, 6.07) is 4.99. The van der Waals surface area contributed by atoms with Crippen LogP contribution in [0.2, 0.25) is 0 Å². The molecule has 0 aliphatic heterocycles. The standard InChI is InChI=1S/C8H10O2.Li/c1-6-7(9)4-3-5-8(6)10-2;/h3-5,9H,1-2H3;/q;+1/p-1. The van der Waals surface area contributed by atoms with Gasteiger partial charge in [-0.1, -0.05) is 12.1 Å². The number of benzene rings is 1. The van der Waals surface area contributed by atoms with Gasteiger partial charge in [0.1, 0.15) is 5.75 Å². The van der Waals surface area contributed by atoms with Crippen LogP contribution in [0.4, 0.5) is 0 Å². The second kappa shape index (κ2) is 4.33. The van der Waals surface area contributed by atoms with Crippen LogP contribution in [0.25, 0.3) is 0 Å². The van der Waals surface area contributed by atoms with E-state index in [1.54, 1.807) is 26.2 Å². The normalized spacial score (nSPS) is 8.55. The van der Waals surface area contributed by atoms with Gasteiger partial charge in [-0.3, -0.25) is 0 Å². The quantitative estimate of drug-likeness (QED) is 0.430. The summed E-state index contributed by atoms with van der Waals surface area (Å²) < 4.78 is 4.93. The molecule has 0 amide bonds. The molecule has 0 heterocycles. The van der Waals surface area contributed by atoms with Crippen LogP contribution in [-0.2, 0) is 0 Å². The van der Waals surface area contributed by atoms with Crippen LogP contribution < -0.4 is 28.7 Å². The summed E-state index contributed by atoms with van der Waals surface area (Å²) in [5.74, 6) is 0.687. The van der Waals surface area contributed by atoms with Gasteiger partial charge in [-0.15, -0.1) is 5.75 Å². The monoisotopic (exact) mass is 144 g/mol. The van der Waals surface area contributed by atoms with Crippen molar-refractivity contribution in [1.29, 1.82) is 0 Å². The Kier molecular flexibility index (Phi) is 4.10. The van der Waals surface area contributed by atoms with Crippen LogP contribution in [0.1, 0.15) is 5.56 Å². The van der Waals surface area contributed by atoms with E-state index in [2.05, 4.69) is 0 Å². The number of hydrogen-bond acceptors (Lipinski definition) is 2. The molecule has 0 spiro atoms. The second-order valence-electron chi connectivity index (χ2n) is 2.08. The molecule has 0 radical (unpaired) electrons. The van der Waals surface area contributed by atoms with Crippen molar-refractivity contribution >= 4 is 0 Å². The van der Waals surface area contributed by atoms with E-state index in [-0.39, 0.29) is 24.6 Å². The predicted molar refractivity (Wildman–Crippen MR) is 37.2 cm³/mol. The van der Waals surface area contributed by atoms with Crippen molar-refractivity contribution in [2.75, 3.05) is 7.11 Å². The van der Waals surface area contributed by atoms with E-state index in [0.29, 0.717) is 11.3 Å². The largest absolute Gasteiger partial charge is 1.00 e. The van der Waals surface area contributed by atoms with Gasteiger partial charge < -0.3 is 9.84 Å². The van der Waals surface area contributed by atoms with Gasteiger partial charge in [0.2, 0.25) is 0 Å². The maximum absolute atomic E-state index is 10.9. The smallest absolute Gasteiger partial charge is 0.872 e. The van der Waals surface area contributed by atoms with E-state index in [9.17, 15) is 5.11 Å². The summed E-state index contributed by atoms with van der Waals surface area (Å²) in [6.45, 7) is 1.75. The first-order chi connectivity index (χ1) is 4.75. The molecular weight excluding hydrogens is 135 g/mol. The van der Waals surface area contributed by atoms with E-state index in [4.69, 9.17) is 4.74 Å².